The molecule has 1 aromatic carbocycles. The molecule has 80 valence electrons. The molecule has 1 aliphatic rings. The Kier molecular flexibility index (Phi) is 2.57. The Bertz CT molecular complexity index is 406. The minimum absolute atomic E-state index is 0.0855. The summed E-state index contributed by atoms with van der Waals surface area (Å²) >= 11 is 5.92. The molecule has 1 heterocycles. The van der Waals surface area contributed by atoms with Gasteiger partial charge in [0.15, 0.2) is 12.0 Å². The van der Waals surface area contributed by atoms with Gasteiger partial charge in [0.1, 0.15) is 6.10 Å². The standard InChI is InChI=1S/C11H12ClNO2/c1-7-5-13(2)10-4-9(12)3-8(6-14)11(10)15-7/h3-4,6-7H,5H2,1-2H3. The smallest absolute Gasteiger partial charge is 0.153 e. The molecule has 0 aliphatic carbocycles. The highest BCUT2D eigenvalue weighted by Crippen LogP contribution is 2.37. The van der Waals surface area contributed by atoms with Crippen molar-refractivity contribution >= 4 is 23.6 Å². The molecule has 0 aromatic heterocycles. The molecule has 15 heavy (non-hydrogen) atoms. The van der Waals surface area contributed by atoms with Crippen molar-refractivity contribution in [1.29, 1.82) is 0 Å². The number of likely N-dealkylation sites (N-methyl/N-ethyl adjacent to an activating group) is 1. The number of nitrogens with zero attached hydrogens (tertiary/aromatic N) is 1. The highest BCUT2D eigenvalue weighted by Gasteiger charge is 2.23. The Morgan fingerprint density at radius 1 is 1.60 bits per heavy atom. The molecule has 1 aromatic rings. The summed E-state index contributed by atoms with van der Waals surface area (Å²) in [5, 5.41) is 0.556. The zero-order chi connectivity index (χ0) is 11.0. The Balaban J connectivity index is 2.58. The van der Waals surface area contributed by atoms with Gasteiger partial charge in [0, 0.05) is 12.1 Å². The van der Waals surface area contributed by atoms with Crippen LogP contribution in [0.2, 0.25) is 5.02 Å². The number of rotatable bonds is 1. The van der Waals surface area contributed by atoms with Crippen molar-refractivity contribution in [3.63, 3.8) is 0 Å². The van der Waals surface area contributed by atoms with Gasteiger partial charge < -0.3 is 9.64 Å². The van der Waals surface area contributed by atoms with Gasteiger partial charge in [0.2, 0.25) is 0 Å². The van der Waals surface area contributed by atoms with E-state index in [2.05, 4.69) is 0 Å². The minimum Gasteiger partial charge on any atom is -0.486 e. The molecular formula is C11H12ClNO2. The summed E-state index contributed by atoms with van der Waals surface area (Å²) < 4.78 is 5.65. The number of ether oxygens (including phenoxy) is 1. The van der Waals surface area contributed by atoms with E-state index in [0.29, 0.717) is 16.3 Å². The van der Waals surface area contributed by atoms with Gasteiger partial charge in [-0.2, -0.15) is 0 Å². The summed E-state index contributed by atoms with van der Waals surface area (Å²) in [7, 11) is 1.96. The largest absolute Gasteiger partial charge is 0.486 e. The third-order valence-corrected chi connectivity index (χ3v) is 2.67. The number of carbonyl (C=O) groups excluding carboxylic acids is 1. The van der Waals surface area contributed by atoms with Crippen molar-refractivity contribution in [2.75, 3.05) is 18.5 Å². The molecule has 0 amide bonds. The maximum atomic E-state index is 10.9. The molecule has 0 N–H and O–H groups in total. The maximum absolute atomic E-state index is 10.9. The fraction of sp³-hybridized carbons (Fsp3) is 0.364. The van der Waals surface area contributed by atoms with E-state index in [-0.39, 0.29) is 6.10 Å². The predicted molar refractivity (Wildman–Crippen MR) is 60.2 cm³/mol. The van der Waals surface area contributed by atoms with E-state index in [1.807, 2.05) is 24.9 Å². The van der Waals surface area contributed by atoms with E-state index in [9.17, 15) is 4.79 Å². The Labute approximate surface area is 93.6 Å². The first-order valence-corrected chi connectivity index (χ1v) is 5.16. The van der Waals surface area contributed by atoms with Gasteiger partial charge in [-0.15, -0.1) is 0 Å². The summed E-state index contributed by atoms with van der Waals surface area (Å²) in [5.74, 6) is 0.635. The minimum atomic E-state index is 0.0855. The van der Waals surface area contributed by atoms with Crippen molar-refractivity contribution in [3.05, 3.63) is 22.7 Å². The molecule has 1 atom stereocenters. The molecule has 2 rings (SSSR count). The topological polar surface area (TPSA) is 29.5 Å². The number of hydrogen-bond donors (Lipinski definition) is 0. The summed E-state index contributed by atoms with van der Waals surface area (Å²) in [6, 6.07) is 3.44. The first kappa shape index (κ1) is 10.3. The van der Waals surface area contributed by atoms with Crippen LogP contribution in [0, 0.1) is 0 Å². The molecule has 0 radical (unpaired) electrons. The number of benzene rings is 1. The van der Waals surface area contributed by atoms with Crippen molar-refractivity contribution in [3.8, 4) is 5.75 Å². The number of anilines is 1. The summed E-state index contributed by atoms with van der Waals surface area (Å²) in [6.07, 6.45) is 0.860. The van der Waals surface area contributed by atoms with Gasteiger partial charge in [-0.05, 0) is 19.1 Å². The lowest BCUT2D eigenvalue weighted by atomic mass is 10.1. The normalized spacial score (nSPS) is 19.4. The van der Waals surface area contributed by atoms with Gasteiger partial charge in [0.25, 0.3) is 0 Å². The van der Waals surface area contributed by atoms with Crippen LogP contribution >= 0.6 is 11.6 Å². The summed E-state index contributed by atoms with van der Waals surface area (Å²) in [6.45, 7) is 2.77. The zero-order valence-electron chi connectivity index (χ0n) is 8.66. The van der Waals surface area contributed by atoms with E-state index < -0.39 is 0 Å². The number of halogens is 1. The van der Waals surface area contributed by atoms with Crippen molar-refractivity contribution in [1.82, 2.24) is 0 Å². The number of aldehydes is 1. The SMILES string of the molecule is CC1CN(C)c2cc(Cl)cc(C=O)c2O1. The van der Waals surface area contributed by atoms with E-state index >= 15 is 0 Å². The maximum Gasteiger partial charge on any atom is 0.153 e. The van der Waals surface area contributed by atoms with Crippen LogP contribution in [0.15, 0.2) is 12.1 Å². The number of hydrogen-bond acceptors (Lipinski definition) is 3. The lowest BCUT2D eigenvalue weighted by Crippen LogP contribution is -2.36. The Hall–Kier alpha value is -1.22. The van der Waals surface area contributed by atoms with Crippen molar-refractivity contribution in [2.24, 2.45) is 0 Å². The lowest BCUT2D eigenvalue weighted by molar-refractivity contribution is 0.111. The molecule has 0 spiro atoms. The number of fused-ring (bicyclic) bond motifs is 1. The highest BCUT2D eigenvalue weighted by molar-refractivity contribution is 6.31. The van der Waals surface area contributed by atoms with Crippen LogP contribution in [0.3, 0.4) is 0 Å². The van der Waals surface area contributed by atoms with Gasteiger partial charge in [0.05, 0.1) is 17.8 Å². The van der Waals surface area contributed by atoms with E-state index in [1.165, 1.54) is 0 Å². The van der Waals surface area contributed by atoms with Gasteiger partial charge in [-0.25, -0.2) is 0 Å². The zero-order valence-corrected chi connectivity index (χ0v) is 9.41. The Morgan fingerprint density at radius 2 is 2.33 bits per heavy atom. The quantitative estimate of drug-likeness (QED) is 0.688. The average molecular weight is 226 g/mol. The van der Waals surface area contributed by atoms with Gasteiger partial charge >= 0.3 is 0 Å². The molecular weight excluding hydrogens is 214 g/mol. The van der Waals surface area contributed by atoms with Gasteiger partial charge in [-0.3, -0.25) is 4.79 Å². The third kappa shape index (κ3) is 1.79. The first-order chi connectivity index (χ1) is 7.11. The summed E-state index contributed by atoms with van der Waals surface area (Å²) in [4.78, 5) is 12.9. The van der Waals surface area contributed by atoms with Crippen LogP contribution in [-0.4, -0.2) is 26.0 Å². The molecule has 4 heteroatoms. The Morgan fingerprint density at radius 3 is 3.00 bits per heavy atom. The average Bonchev–Trinajstić information content (AvgIpc) is 2.18. The van der Waals surface area contributed by atoms with Crippen LogP contribution in [0.5, 0.6) is 5.75 Å². The summed E-state index contributed by atoms with van der Waals surface area (Å²) in [5.41, 5.74) is 1.39. The monoisotopic (exact) mass is 225 g/mol. The van der Waals surface area contributed by atoms with E-state index in [0.717, 1.165) is 18.5 Å². The second kappa shape index (κ2) is 3.74. The van der Waals surface area contributed by atoms with E-state index in [4.69, 9.17) is 16.3 Å². The second-order valence-corrected chi connectivity index (χ2v) is 4.21. The van der Waals surface area contributed by atoms with E-state index in [1.54, 1.807) is 6.07 Å². The van der Waals surface area contributed by atoms with Crippen molar-refractivity contribution in [2.45, 2.75) is 13.0 Å². The predicted octanol–water partition coefficient (Wildman–Crippen LogP) is 2.37. The third-order valence-electron chi connectivity index (χ3n) is 2.45. The lowest BCUT2D eigenvalue weighted by Gasteiger charge is -2.32. The van der Waals surface area contributed by atoms with Crippen LogP contribution < -0.4 is 9.64 Å². The molecule has 0 bridgehead atoms. The molecule has 0 fully saturated rings. The number of carbonyl (C=O) groups is 1. The van der Waals surface area contributed by atoms with Crippen LogP contribution in [-0.2, 0) is 0 Å². The van der Waals surface area contributed by atoms with Crippen LogP contribution in [0.4, 0.5) is 5.69 Å². The molecule has 0 saturated carbocycles. The second-order valence-electron chi connectivity index (χ2n) is 3.77. The molecule has 1 aliphatic heterocycles. The fourth-order valence-electron chi connectivity index (χ4n) is 1.82. The van der Waals surface area contributed by atoms with Crippen molar-refractivity contribution < 1.29 is 9.53 Å². The van der Waals surface area contributed by atoms with Crippen LogP contribution in [0.25, 0.3) is 0 Å². The first-order valence-electron chi connectivity index (χ1n) is 4.78. The molecule has 3 nitrogen and oxygen atoms in total. The molecule has 0 saturated heterocycles. The van der Waals surface area contributed by atoms with Gasteiger partial charge in [-0.1, -0.05) is 11.6 Å². The highest BCUT2D eigenvalue weighted by atomic mass is 35.5. The van der Waals surface area contributed by atoms with Crippen LogP contribution in [0.1, 0.15) is 17.3 Å². The fourth-order valence-corrected chi connectivity index (χ4v) is 2.04. The molecule has 1 unspecified atom stereocenters.